The highest BCUT2D eigenvalue weighted by atomic mass is 35.5. The minimum Gasteiger partial charge on any atom is -0.484 e. The number of ketones is 1. The van der Waals surface area contributed by atoms with E-state index in [0.29, 0.717) is 122 Å². The Bertz CT molecular complexity index is 2820. The predicted molar refractivity (Wildman–Crippen MR) is 321 cm³/mol. The highest BCUT2D eigenvalue weighted by Gasteiger charge is 2.43. The third kappa shape index (κ3) is 19.3. The lowest BCUT2D eigenvalue weighted by atomic mass is 10.1. The number of sulfone groups is 1. The first-order valence-electron chi connectivity index (χ1n) is 28.8. The van der Waals surface area contributed by atoms with Gasteiger partial charge in [-0.3, -0.25) is 14.6 Å². The van der Waals surface area contributed by atoms with Crippen LogP contribution in [0.5, 0.6) is 11.5 Å². The molecule has 5 N–H and O–H groups in total. The molecule has 6 atom stereocenters. The van der Waals surface area contributed by atoms with E-state index in [1.807, 2.05) is 12.1 Å². The first-order chi connectivity index (χ1) is 40.4. The van der Waals surface area contributed by atoms with Crippen LogP contribution in [0.15, 0.2) is 82.6 Å². The summed E-state index contributed by atoms with van der Waals surface area (Å²) in [7, 11) is -7.38. The fourth-order valence-corrected chi connectivity index (χ4v) is 14.5. The highest BCUT2D eigenvalue weighted by Crippen LogP contribution is 2.45. The number of benzene rings is 4. The fraction of sp³-hybridized carbons (Fsp3) is 0.559. The number of aliphatic hydroxyl groups is 2. The third-order valence-electron chi connectivity index (χ3n) is 15.4. The molecule has 462 valence electrons. The number of Topliss-reactive ketones (excluding diaryl/α,β-unsaturated/α-hetero) is 1. The largest absolute Gasteiger partial charge is 0.484 e. The molecule has 2 amide bonds. The van der Waals surface area contributed by atoms with E-state index in [-0.39, 0.29) is 85.6 Å². The van der Waals surface area contributed by atoms with Crippen molar-refractivity contribution >= 4 is 78.1 Å². The molecule has 2 aliphatic carbocycles. The predicted octanol–water partition coefficient (Wildman–Crippen LogP) is 7.94. The van der Waals surface area contributed by atoms with Crippen molar-refractivity contribution in [1.29, 1.82) is 0 Å². The summed E-state index contributed by atoms with van der Waals surface area (Å²) in [5.74, 6) is 1.07. The van der Waals surface area contributed by atoms with Crippen LogP contribution in [0, 0.1) is 0 Å². The van der Waals surface area contributed by atoms with Crippen molar-refractivity contribution in [2.24, 2.45) is 0 Å². The van der Waals surface area contributed by atoms with Gasteiger partial charge in [-0.15, -0.1) is 0 Å². The number of hydrogen-bond acceptors (Lipinski definition) is 16. The lowest BCUT2D eigenvalue weighted by molar-refractivity contribution is -0.119. The van der Waals surface area contributed by atoms with Crippen LogP contribution in [0.4, 0.5) is 4.79 Å². The summed E-state index contributed by atoms with van der Waals surface area (Å²) in [5.41, 5.74) is 3.70. The van der Waals surface area contributed by atoms with Gasteiger partial charge in [0, 0.05) is 103 Å². The zero-order valence-electron chi connectivity index (χ0n) is 47.0. The maximum atomic E-state index is 13.1. The second-order valence-electron chi connectivity index (χ2n) is 21.5. The molecule has 0 radical (unpaired) electrons. The van der Waals surface area contributed by atoms with Crippen LogP contribution in [0.25, 0.3) is 0 Å². The van der Waals surface area contributed by atoms with E-state index < -0.39 is 44.3 Å². The van der Waals surface area contributed by atoms with E-state index >= 15 is 0 Å². The van der Waals surface area contributed by atoms with Crippen molar-refractivity contribution < 1.29 is 65.1 Å². The average Bonchev–Trinajstić information content (AvgIpc) is 3.45. The fourth-order valence-electron chi connectivity index (χ4n) is 11.1. The maximum Gasteiger partial charge on any atom is 0.314 e. The number of sulfonamides is 1. The van der Waals surface area contributed by atoms with E-state index in [2.05, 4.69) is 25.2 Å². The van der Waals surface area contributed by atoms with E-state index in [1.165, 1.54) is 12.1 Å². The summed E-state index contributed by atoms with van der Waals surface area (Å²) in [5, 5.41) is 28.1. The van der Waals surface area contributed by atoms with Gasteiger partial charge in [-0.2, -0.15) is 0 Å². The van der Waals surface area contributed by atoms with Gasteiger partial charge in [-0.1, -0.05) is 52.8 Å². The first kappa shape index (κ1) is 66.1. The molecule has 4 aromatic carbocycles. The van der Waals surface area contributed by atoms with Gasteiger partial charge in [0.05, 0.1) is 79.5 Å². The van der Waals surface area contributed by atoms with Gasteiger partial charge >= 0.3 is 6.03 Å². The molecule has 0 unspecified atom stereocenters. The Morgan fingerprint density at radius 2 is 1.02 bits per heavy atom. The summed E-state index contributed by atoms with van der Waals surface area (Å²) in [6.45, 7) is 5.60. The number of urea groups is 1. The van der Waals surface area contributed by atoms with Crippen molar-refractivity contribution in [3.63, 3.8) is 0 Å². The molecular formula is C59H77Cl4N5O14S2. The Balaban J connectivity index is 0.576. The SMILES string of the molecule is O=C(CCCCCNC(=O)NCCOCCOCCCS(=O)(=O)c1ccc(O[C@H]2c3cc(Cl)cc(Cl)c3C[C@@H]2N2CC[C@@H](O)C2)cc1)CCCOCCOCCNS(=O)(=O)c1ccc(O[C@H]2c3cc(Cl)cc(Cl)c3C[C@@H]2N2CC[C@@H](O)C2)cc1. The van der Waals surface area contributed by atoms with Crippen molar-refractivity contribution in [3.8, 4) is 11.5 Å². The van der Waals surface area contributed by atoms with Gasteiger partial charge in [0.25, 0.3) is 0 Å². The number of β-amino-alcohol motifs (C(OH)–C–C–N with tert-alkyl or cyclic N) is 2. The van der Waals surface area contributed by atoms with E-state index in [0.717, 1.165) is 54.6 Å². The van der Waals surface area contributed by atoms with E-state index in [4.69, 9.17) is 74.8 Å². The second-order valence-corrected chi connectivity index (χ2v) is 27.1. The molecule has 25 heteroatoms. The van der Waals surface area contributed by atoms with Gasteiger partial charge < -0.3 is 49.3 Å². The second kappa shape index (κ2) is 32.4. The molecule has 19 nitrogen and oxygen atoms in total. The zero-order valence-corrected chi connectivity index (χ0v) is 51.7. The number of nitrogens with zero attached hydrogens (tertiary/aromatic N) is 2. The number of fused-ring (bicyclic) bond motifs is 2. The lowest BCUT2D eigenvalue weighted by Gasteiger charge is -2.30. The highest BCUT2D eigenvalue weighted by molar-refractivity contribution is 7.91. The Morgan fingerprint density at radius 3 is 1.55 bits per heavy atom. The summed E-state index contributed by atoms with van der Waals surface area (Å²) in [4.78, 5) is 29.2. The van der Waals surface area contributed by atoms with Crippen LogP contribution in [-0.2, 0) is 56.4 Å². The molecule has 4 aromatic rings. The maximum absolute atomic E-state index is 13.1. The van der Waals surface area contributed by atoms with Crippen LogP contribution in [0.1, 0.15) is 92.2 Å². The van der Waals surface area contributed by atoms with Crippen LogP contribution in [0.2, 0.25) is 20.1 Å². The molecule has 0 bridgehead atoms. The number of ether oxygens (including phenoxy) is 6. The summed E-state index contributed by atoms with van der Waals surface area (Å²) < 4.78 is 90.0. The number of halogens is 4. The number of hydrogen-bond donors (Lipinski definition) is 5. The minimum absolute atomic E-state index is 0.0544. The van der Waals surface area contributed by atoms with Gasteiger partial charge in [0.2, 0.25) is 10.0 Å². The number of rotatable bonds is 35. The minimum atomic E-state index is -3.81. The number of carbonyl (C=O) groups excluding carboxylic acids is 2. The summed E-state index contributed by atoms with van der Waals surface area (Å²) in [6.07, 6.45) is 5.07. The van der Waals surface area contributed by atoms with Crippen LogP contribution in [-0.4, -0.2) is 177 Å². The van der Waals surface area contributed by atoms with Crippen molar-refractivity contribution in [2.45, 2.75) is 117 Å². The van der Waals surface area contributed by atoms with Gasteiger partial charge in [-0.25, -0.2) is 26.4 Å². The molecule has 8 rings (SSSR count). The monoisotopic (exact) mass is 1280 g/mol. The molecule has 0 saturated carbocycles. The Morgan fingerprint density at radius 1 is 0.548 bits per heavy atom. The standard InChI is InChI=1S/C59H77Cl4N5O14S2/c60-40-32-51-49(53(62)34-40)36-55(67-21-16-43(70)38-67)57(51)81-45-8-12-47(13-9-45)83(73,74)31-5-24-78-28-29-79-25-19-65-59(72)64-18-3-1-2-6-42(69)7-4-23-77-27-30-80-26-20-66-84(75,76)48-14-10-46(11-15-48)82-58-52-33-41(61)35-54(63)50(52)37-56(58)68-22-17-44(71)39-68/h8-15,32-35,43-44,55-58,66,70-71H,1-7,16-31,36-39H2,(H2,64,65,72)/t43-,44-,55+,56+,57+,58+/m1/s1. The Labute approximate surface area is 513 Å². The van der Waals surface area contributed by atoms with E-state index in [1.54, 1.807) is 48.5 Å². The van der Waals surface area contributed by atoms with Gasteiger partial charge in [0.15, 0.2) is 9.84 Å². The molecule has 84 heavy (non-hydrogen) atoms. The Hall–Kier alpha value is -3.88. The molecular weight excluding hydrogens is 1210 g/mol. The number of nitrogens with one attached hydrogen (secondary N) is 3. The number of amides is 2. The van der Waals surface area contributed by atoms with Crippen molar-refractivity contribution in [1.82, 2.24) is 25.2 Å². The van der Waals surface area contributed by atoms with E-state index in [9.17, 15) is 36.6 Å². The van der Waals surface area contributed by atoms with Gasteiger partial charge in [0.1, 0.15) is 29.5 Å². The lowest BCUT2D eigenvalue weighted by Crippen LogP contribution is -2.39. The zero-order chi connectivity index (χ0) is 59.6. The molecule has 2 heterocycles. The van der Waals surface area contributed by atoms with Crippen molar-refractivity contribution in [2.75, 3.05) is 104 Å². The van der Waals surface area contributed by atoms with Crippen LogP contribution < -0.4 is 24.8 Å². The summed E-state index contributed by atoms with van der Waals surface area (Å²) >= 11 is 25.9. The first-order valence-corrected chi connectivity index (χ1v) is 33.5. The number of aliphatic hydroxyl groups excluding tert-OH is 2. The van der Waals surface area contributed by atoms with Crippen LogP contribution in [0.3, 0.4) is 0 Å². The average molecular weight is 1290 g/mol. The van der Waals surface area contributed by atoms with Crippen molar-refractivity contribution in [3.05, 3.63) is 115 Å². The number of likely N-dealkylation sites (tertiary alicyclic amines) is 2. The molecule has 2 saturated heterocycles. The van der Waals surface area contributed by atoms with Crippen LogP contribution >= 0.6 is 46.4 Å². The number of unbranched alkanes of at least 4 members (excludes halogenated alkanes) is 2. The quantitative estimate of drug-likeness (QED) is 0.0275. The molecule has 0 spiro atoms. The molecule has 0 aromatic heterocycles. The molecule has 4 aliphatic rings. The third-order valence-corrected chi connectivity index (χ3v) is 19.8. The molecule has 2 fully saturated rings. The molecule has 2 aliphatic heterocycles. The van der Waals surface area contributed by atoms with Gasteiger partial charge in [-0.05, 0) is 135 Å². The topological polar surface area (TPSA) is 241 Å². The number of carbonyl (C=O) groups is 2. The summed E-state index contributed by atoms with van der Waals surface area (Å²) in [6, 6.07) is 19.4. The normalized spacial score (nSPS) is 20.7. The smallest absolute Gasteiger partial charge is 0.314 e. The Kier molecular flexibility index (Phi) is 25.5.